The van der Waals surface area contributed by atoms with Gasteiger partial charge in [-0.1, -0.05) is 74.6 Å². The smallest absolute Gasteiger partial charge is 0.313 e. The van der Waals surface area contributed by atoms with E-state index in [-0.39, 0.29) is 12.0 Å². The molecule has 1 unspecified atom stereocenters. The number of unbranched alkanes of at least 4 members (excludes halogenated alkanes) is 2. The fourth-order valence-electron chi connectivity index (χ4n) is 5.45. The molecule has 0 saturated heterocycles. The molecule has 2 N–H and O–H groups in total. The van der Waals surface area contributed by atoms with E-state index < -0.39 is 20.0 Å². The highest BCUT2D eigenvalue weighted by Crippen LogP contribution is 2.43. The van der Waals surface area contributed by atoms with Crippen LogP contribution in [0.5, 0.6) is 0 Å². The van der Waals surface area contributed by atoms with Crippen LogP contribution in [-0.2, 0) is 33.6 Å². The second kappa shape index (κ2) is 14.2. The Morgan fingerprint density at radius 1 is 0.972 bits per heavy atom. The van der Waals surface area contributed by atoms with Gasteiger partial charge in [0.2, 0.25) is 0 Å². The van der Waals surface area contributed by atoms with Crippen LogP contribution >= 0.6 is 8.25 Å². The van der Waals surface area contributed by atoms with E-state index in [4.69, 9.17) is 4.89 Å². The van der Waals surface area contributed by atoms with Gasteiger partial charge in [-0.3, -0.25) is 0 Å². The lowest BCUT2D eigenvalue weighted by molar-refractivity contribution is -0.138. The van der Waals surface area contributed by atoms with E-state index in [0.29, 0.717) is 37.1 Å². The van der Waals surface area contributed by atoms with Crippen molar-refractivity contribution in [3.8, 4) is 0 Å². The van der Waals surface area contributed by atoms with Crippen molar-refractivity contribution in [1.29, 1.82) is 0 Å². The standard InChI is InChI=1S/C28H37F3NO3P/c29-28(30,31)26-21-23(22-32-19-10-20-35-36(33)34)14-15-24(26)11-4-2-7-16-27(17-8-3-9-18-27)25-12-5-1-6-13-25/h1,5-6,12-15,21,32H,2-4,7-11,16-20,22H2/p+1. The van der Waals surface area contributed by atoms with Gasteiger partial charge >= 0.3 is 14.4 Å². The van der Waals surface area contributed by atoms with Crippen molar-refractivity contribution in [2.75, 3.05) is 13.2 Å². The van der Waals surface area contributed by atoms with E-state index in [2.05, 4.69) is 40.2 Å². The van der Waals surface area contributed by atoms with Crippen molar-refractivity contribution in [2.24, 2.45) is 0 Å². The SMILES string of the molecule is O=[P+](O)OCCCNCc1ccc(CCCCCC2(c3ccccc3)CCCCC2)c(C(F)(F)F)c1. The zero-order valence-electron chi connectivity index (χ0n) is 20.9. The molecule has 36 heavy (non-hydrogen) atoms. The zero-order valence-corrected chi connectivity index (χ0v) is 21.8. The van der Waals surface area contributed by atoms with Crippen molar-refractivity contribution < 1.29 is 27.2 Å². The van der Waals surface area contributed by atoms with Crippen LogP contribution in [0.1, 0.15) is 86.5 Å². The third kappa shape index (κ3) is 8.95. The molecule has 1 fully saturated rings. The highest BCUT2D eigenvalue weighted by atomic mass is 31.1. The minimum Gasteiger partial charge on any atom is -0.313 e. The monoisotopic (exact) mass is 524 g/mol. The number of aryl methyl sites for hydroxylation is 1. The molecular formula is C28H38F3NO3P+. The minimum atomic E-state index is -4.38. The van der Waals surface area contributed by atoms with Crippen LogP contribution in [0.2, 0.25) is 0 Å². The van der Waals surface area contributed by atoms with Gasteiger partial charge in [-0.15, -0.1) is 9.42 Å². The maximum atomic E-state index is 13.8. The van der Waals surface area contributed by atoms with Gasteiger partial charge in [-0.05, 0) is 73.2 Å². The zero-order chi connectivity index (χ0) is 25.9. The molecule has 0 radical (unpaired) electrons. The van der Waals surface area contributed by atoms with Gasteiger partial charge in [-0.25, -0.2) is 0 Å². The molecule has 1 saturated carbocycles. The Morgan fingerprint density at radius 3 is 2.42 bits per heavy atom. The fourth-order valence-corrected chi connectivity index (χ4v) is 5.73. The molecule has 1 aliphatic rings. The van der Waals surface area contributed by atoms with E-state index >= 15 is 0 Å². The minimum absolute atomic E-state index is 0.123. The largest absolute Gasteiger partial charge is 0.694 e. The molecule has 0 amide bonds. The summed E-state index contributed by atoms with van der Waals surface area (Å²) in [6, 6.07) is 15.4. The molecule has 0 spiro atoms. The number of halogens is 3. The predicted molar refractivity (Wildman–Crippen MR) is 137 cm³/mol. The summed E-state index contributed by atoms with van der Waals surface area (Å²) in [6.45, 7) is 0.908. The van der Waals surface area contributed by atoms with Crippen molar-refractivity contribution >= 4 is 8.25 Å². The quantitative estimate of drug-likeness (QED) is 0.195. The Bertz CT molecular complexity index is 947. The lowest BCUT2D eigenvalue weighted by Gasteiger charge is -2.38. The molecule has 4 nitrogen and oxygen atoms in total. The number of hydrogen-bond donors (Lipinski definition) is 2. The molecule has 0 bridgehead atoms. The van der Waals surface area contributed by atoms with Gasteiger partial charge in [0.25, 0.3) is 0 Å². The van der Waals surface area contributed by atoms with Crippen LogP contribution in [0.25, 0.3) is 0 Å². The number of alkyl halides is 3. The van der Waals surface area contributed by atoms with Crippen molar-refractivity contribution in [3.63, 3.8) is 0 Å². The lowest BCUT2D eigenvalue weighted by Crippen LogP contribution is -2.29. The summed E-state index contributed by atoms with van der Waals surface area (Å²) in [6.07, 6.45) is 6.57. The van der Waals surface area contributed by atoms with Gasteiger partial charge in [0.05, 0.1) is 5.56 Å². The van der Waals surface area contributed by atoms with E-state index in [1.165, 1.54) is 43.7 Å². The Balaban J connectivity index is 1.50. The molecule has 1 atom stereocenters. The first kappa shape index (κ1) is 28.8. The van der Waals surface area contributed by atoms with Crippen LogP contribution in [0.15, 0.2) is 48.5 Å². The normalized spacial score (nSPS) is 16.2. The van der Waals surface area contributed by atoms with Crippen LogP contribution in [-0.4, -0.2) is 18.0 Å². The van der Waals surface area contributed by atoms with Crippen LogP contribution in [0.4, 0.5) is 13.2 Å². The summed E-state index contributed by atoms with van der Waals surface area (Å²) in [5.74, 6) is 0. The van der Waals surface area contributed by atoms with Crippen LogP contribution in [0, 0.1) is 0 Å². The summed E-state index contributed by atoms with van der Waals surface area (Å²) in [5.41, 5.74) is 2.04. The van der Waals surface area contributed by atoms with Gasteiger partial charge in [0, 0.05) is 11.1 Å². The Kier molecular flexibility index (Phi) is 11.4. The number of rotatable bonds is 14. The number of hydrogen-bond acceptors (Lipinski definition) is 3. The van der Waals surface area contributed by atoms with Crippen molar-refractivity contribution in [1.82, 2.24) is 5.32 Å². The van der Waals surface area contributed by atoms with Gasteiger partial charge in [0.1, 0.15) is 6.61 Å². The highest BCUT2D eigenvalue weighted by molar-refractivity contribution is 7.32. The first-order valence-corrected chi connectivity index (χ1v) is 14.2. The molecule has 8 heteroatoms. The fraction of sp³-hybridized carbons (Fsp3) is 0.571. The Hall–Kier alpha value is -1.79. The molecule has 2 aromatic rings. The molecule has 198 valence electrons. The Labute approximate surface area is 213 Å². The number of nitrogens with one attached hydrogen (secondary N) is 1. The first-order chi connectivity index (χ1) is 17.3. The van der Waals surface area contributed by atoms with Gasteiger partial charge in [0.15, 0.2) is 0 Å². The third-order valence-corrected chi connectivity index (χ3v) is 7.71. The summed E-state index contributed by atoms with van der Waals surface area (Å²) in [4.78, 5) is 8.59. The van der Waals surface area contributed by atoms with Gasteiger partial charge < -0.3 is 5.32 Å². The molecule has 0 aromatic heterocycles. The maximum absolute atomic E-state index is 13.8. The van der Waals surface area contributed by atoms with E-state index in [1.54, 1.807) is 12.1 Å². The summed E-state index contributed by atoms with van der Waals surface area (Å²) in [5, 5.41) is 3.06. The first-order valence-electron chi connectivity index (χ1n) is 13.0. The van der Waals surface area contributed by atoms with Gasteiger partial charge in [-0.2, -0.15) is 13.2 Å². The van der Waals surface area contributed by atoms with Crippen molar-refractivity contribution in [2.45, 2.75) is 88.8 Å². The predicted octanol–water partition coefficient (Wildman–Crippen LogP) is 7.86. The molecule has 2 aromatic carbocycles. The second-order valence-corrected chi connectivity index (χ2v) is 10.6. The lowest BCUT2D eigenvalue weighted by atomic mass is 9.66. The van der Waals surface area contributed by atoms with Crippen LogP contribution < -0.4 is 5.32 Å². The highest BCUT2D eigenvalue weighted by Gasteiger charge is 2.34. The molecular weight excluding hydrogens is 486 g/mol. The number of benzene rings is 2. The molecule has 3 rings (SSSR count). The summed E-state index contributed by atoms with van der Waals surface area (Å²) < 4.78 is 56.3. The maximum Gasteiger partial charge on any atom is 0.694 e. The van der Waals surface area contributed by atoms with Crippen molar-refractivity contribution in [3.05, 3.63) is 70.8 Å². The van der Waals surface area contributed by atoms with Crippen LogP contribution in [0.3, 0.4) is 0 Å². The average Bonchev–Trinajstić information content (AvgIpc) is 2.87. The average molecular weight is 525 g/mol. The van der Waals surface area contributed by atoms with E-state index in [9.17, 15) is 17.7 Å². The summed E-state index contributed by atoms with van der Waals surface area (Å²) >= 11 is 0. The van der Waals surface area contributed by atoms with E-state index in [0.717, 1.165) is 25.7 Å². The second-order valence-electron chi connectivity index (χ2n) is 9.86. The third-order valence-electron chi connectivity index (χ3n) is 7.31. The Morgan fingerprint density at radius 2 is 1.72 bits per heavy atom. The molecule has 0 heterocycles. The molecule has 1 aliphatic carbocycles. The van der Waals surface area contributed by atoms with E-state index in [1.807, 2.05) is 0 Å². The summed E-state index contributed by atoms with van der Waals surface area (Å²) in [7, 11) is -2.61. The topological polar surface area (TPSA) is 58.6 Å². The molecule has 0 aliphatic heterocycles.